The Bertz CT molecular complexity index is 735. The Morgan fingerprint density at radius 3 is 2.20 bits per heavy atom. The van der Waals surface area contributed by atoms with Gasteiger partial charge in [-0.15, -0.1) is 11.8 Å². The predicted molar refractivity (Wildman–Crippen MR) is 107 cm³/mol. The molecule has 0 atom stereocenters. The van der Waals surface area contributed by atoms with Crippen molar-refractivity contribution < 1.29 is 9.59 Å². The maximum absolute atomic E-state index is 12.2. The monoisotopic (exact) mass is 421 g/mol. The van der Waals surface area contributed by atoms with E-state index in [0.29, 0.717) is 11.4 Å². The van der Waals surface area contributed by atoms with E-state index in [9.17, 15) is 9.59 Å². The number of nitrogens with one attached hydrogen (secondary N) is 3. The van der Waals surface area contributed by atoms with Crippen molar-refractivity contribution in [2.45, 2.75) is 24.8 Å². The van der Waals surface area contributed by atoms with E-state index in [2.05, 4.69) is 31.9 Å². The van der Waals surface area contributed by atoms with Gasteiger partial charge in [-0.2, -0.15) is 0 Å². The third-order valence-electron chi connectivity index (χ3n) is 3.05. The third kappa shape index (κ3) is 6.80. The van der Waals surface area contributed by atoms with E-state index in [1.54, 1.807) is 18.2 Å². The zero-order chi connectivity index (χ0) is 18.2. The van der Waals surface area contributed by atoms with Crippen LogP contribution in [0, 0.1) is 0 Å². The molecule has 0 heterocycles. The number of amides is 3. The van der Waals surface area contributed by atoms with Crippen LogP contribution in [-0.2, 0) is 4.79 Å². The van der Waals surface area contributed by atoms with Crippen LogP contribution in [0.5, 0.6) is 0 Å². The summed E-state index contributed by atoms with van der Waals surface area (Å²) in [5.41, 5.74) is 1.13. The highest BCUT2D eigenvalue weighted by molar-refractivity contribution is 9.10. The molecule has 2 aromatic carbocycles. The van der Waals surface area contributed by atoms with Gasteiger partial charge in [0, 0.05) is 15.4 Å². The molecule has 0 bridgehead atoms. The molecule has 0 saturated carbocycles. The molecule has 0 fully saturated rings. The fraction of sp³-hybridized carbons (Fsp3) is 0.222. The van der Waals surface area contributed by atoms with Crippen molar-refractivity contribution in [3.63, 3.8) is 0 Å². The molecule has 5 nitrogen and oxygen atoms in total. The predicted octanol–water partition coefficient (Wildman–Crippen LogP) is 4.71. The summed E-state index contributed by atoms with van der Waals surface area (Å²) in [5.74, 6) is 0.153. The molecule has 0 radical (unpaired) electrons. The van der Waals surface area contributed by atoms with E-state index in [0.717, 1.165) is 9.37 Å². The van der Waals surface area contributed by atoms with Crippen molar-refractivity contribution in [3.8, 4) is 0 Å². The van der Waals surface area contributed by atoms with E-state index in [4.69, 9.17) is 0 Å². The highest BCUT2D eigenvalue weighted by Gasteiger charge is 2.10. The van der Waals surface area contributed by atoms with Gasteiger partial charge in [0.2, 0.25) is 5.91 Å². The zero-order valence-electron chi connectivity index (χ0n) is 14.0. The van der Waals surface area contributed by atoms with E-state index in [-0.39, 0.29) is 23.7 Å². The minimum Gasteiger partial charge on any atom is -0.336 e. The highest BCUT2D eigenvalue weighted by Crippen LogP contribution is 2.23. The van der Waals surface area contributed by atoms with Crippen molar-refractivity contribution >= 4 is 51.0 Å². The van der Waals surface area contributed by atoms with Crippen molar-refractivity contribution in [2.75, 3.05) is 16.4 Å². The Morgan fingerprint density at radius 1 is 1.00 bits per heavy atom. The van der Waals surface area contributed by atoms with Crippen LogP contribution in [0.4, 0.5) is 16.2 Å². The van der Waals surface area contributed by atoms with E-state index in [1.165, 1.54) is 11.8 Å². The number of hydrogen-bond acceptors (Lipinski definition) is 3. The second-order valence-electron chi connectivity index (χ2n) is 5.59. The van der Waals surface area contributed by atoms with Gasteiger partial charge in [0.1, 0.15) is 0 Å². The summed E-state index contributed by atoms with van der Waals surface area (Å²) < 4.78 is 1.00. The van der Waals surface area contributed by atoms with Crippen LogP contribution >= 0.6 is 27.7 Å². The van der Waals surface area contributed by atoms with Gasteiger partial charge >= 0.3 is 6.03 Å². The maximum Gasteiger partial charge on any atom is 0.319 e. The first-order chi connectivity index (χ1) is 11.9. The molecule has 0 aromatic heterocycles. The summed E-state index contributed by atoms with van der Waals surface area (Å²) in [6.45, 7) is 3.76. The molecule has 3 amide bonds. The molecule has 2 rings (SSSR count). The quantitative estimate of drug-likeness (QED) is 0.591. The lowest BCUT2D eigenvalue weighted by molar-refractivity contribution is -0.113. The fourth-order valence-corrected chi connectivity index (χ4v) is 2.95. The number of urea groups is 1. The lowest BCUT2D eigenvalue weighted by Crippen LogP contribution is -2.34. The van der Waals surface area contributed by atoms with E-state index < -0.39 is 0 Å². The standard InChI is InChI=1S/C18H20BrN3O2S/c1-12(2)20-18(24)22-16-6-4-3-5-15(16)21-17(23)11-25-14-9-7-13(19)8-10-14/h3-10,12H,11H2,1-2H3,(H,21,23)(H2,20,22,24). The van der Waals surface area contributed by atoms with Gasteiger partial charge < -0.3 is 16.0 Å². The number of rotatable bonds is 6. The summed E-state index contributed by atoms with van der Waals surface area (Å²) in [7, 11) is 0. The lowest BCUT2D eigenvalue weighted by Gasteiger charge is -2.14. The number of para-hydroxylation sites is 2. The number of carbonyl (C=O) groups excluding carboxylic acids is 2. The number of thioether (sulfide) groups is 1. The average molecular weight is 422 g/mol. The average Bonchev–Trinajstić information content (AvgIpc) is 2.55. The van der Waals surface area contributed by atoms with Crippen LogP contribution < -0.4 is 16.0 Å². The van der Waals surface area contributed by atoms with Crippen LogP contribution in [0.25, 0.3) is 0 Å². The van der Waals surface area contributed by atoms with Gasteiger partial charge in [0.15, 0.2) is 0 Å². The van der Waals surface area contributed by atoms with Gasteiger partial charge in [-0.05, 0) is 50.2 Å². The Morgan fingerprint density at radius 2 is 1.60 bits per heavy atom. The molecule has 25 heavy (non-hydrogen) atoms. The maximum atomic E-state index is 12.2. The number of carbonyl (C=O) groups is 2. The van der Waals surface area contributed by atoms with Crippen LogP contribution in [0.2, 0.25) is 0 Å². The van der Waals surface area contributed by atoms with Gasteiger partial charge in [-0.1, -0.05) is 28.1 Å². The summed E-state index contributed by atoms with van der Waals surface area (Å²) in [6, 6.07) is 14.6. The first kappa shape index (κ1) is 19.3. The summed E-state index contributed by atoms with van der Waals surface area (Å²) in [5, 5.41) is 8.34. The highest BCUT2D eigenvalue weighted by atomic mass is 79.9. The Hall–Kier alpha value is -1.99. The molecule has 3 N–H and O–H groups in total. The minimum atomic E-state index is -0.305. The molecule has 7 heteroatoms. The van der Waals surface area contributed by atoms with E-state index in [1.807, 2.05) is 44.2 Å². The van der Waals surface area contributed by atoms with Crippen LogP contribution in [0.3, 0.4) is 0 Å². The third-order valence-corrected chi connectivity index (χ3v) is 4.59. The topological polar surface area (TPSA) is 70.2 Å². The number of benzene rings is 2. The summed E-state index contributed by atoms with van der Waals surface area (Å²) in [6.07, 6.45) is 0. The molecule has 0 aliphatic carbocycles. The van der Waals surface area contributed by atoms with Crippen molar-refractivity contribution in [3.05, 3.63) is 53.0 Å². The van der Waals surface area contributed by atoms with Gasteiger partial charge in [-0.25, -0.2) is 4.79 Å². The lowest BCUT2D eigenvalue weighted by atomic mass is 10.2. The fourth-order valence-electron chi connectivity index (χ4n) is 1.99. The first-order valence-corrected chi connectivity index (χ1v) is 9.56. The molecule has 132 valence electrons. The molecule has 0 spiro atoms. The zero-order valence-corrected chi connectivity index (χ0v) is 16.4. The molecule has 0 aliphatic rings. The van der Waals surface area contributed by atoms with Crippen LogP contribution in [0.15, 0.2) is 57.9 Å². The summed E-state index contributed by atoms with van der Waals surface area (Å²) in [4.78, 5) is 25.1. The second-order valence-corrected chi connectivity index (χ2v) is 7.55. The smallest absolute Gasteiger partial charge is 0.319 e. The largest absolute Gasteiger partial charge is 0.336 e. The first-order valence-electron chi connectivity index (χ1n) is 7.79. The molecular weight excluding hydrogens is 402 g/mol. The molecular formula is C18H20BrN3O2S. The Labute approximate surface area is 160 Å². The van der Waals surface area contributed by atoms with Gasteiger partial charge in [-0.3, -0.25) is 4.79 Å². The normalized spacial score (nSPS) is 10.4. The minimum absolute atomic E-state index is 0.0315. The van der Waals surface area contributed by atoms with Crippen molar-refractivity contribution in [1.29, 1.82) is 0 Å². The molecule has 2 aromatic rings. The Kier molecular flexibility index (Phi) is 7.33. The van der Waals surface area contributed by atoms with Crippen LogP contribution in [0.1, 0.15) is 13.8 Å². The number of hydrogen-bond donors (Lipinski definition) is 3. The number of halogens is 1. The molecule has 0 unspecified atom stereocenters. The SMILES string of the molecule is CC(C)NC(=O)Nc1ccccc1NC(=O)CSc1ccc(Br)cc1. The Balaban J connectivity index is 1.93. The molecule has 0 aliphatic heterocycles. The summed E-state index contributed by atoms with van der Waals surface area (Å²) >= 11 is 4.84. The van der Waals surface area contributed by atoms with E-state index >= 15 is 0 Å². The van der Waals surface area contributed by atoms with Gasteiger partial charge in [0.25, 0.3) is 0 Å². The van der Waals surface area contributed by atoms with Crippen LogP contribution in [-0.4, -0.2) is 23.7 Å². The number of anilines is 2. The van der Waals surface area contributed by atoms with Crippen molar-refractivity contribution in [1.82, 2.24) is 5.32 Å². The van der Waals surface area contributed by atoms with Crippen molar-refractivity contribution in [2.24, 2.45) is 0 Å². The molecule has 0 saturated heterocycles. The second kappa shape index (κ2) is 9.48. The van der Waals surface area contributed by atoms with Gasteiger partial charge in [0.05, 0.1) is 17.1 Å².